The molecule has 0 bridgehead atoms. The summed E-state index contributed by atoms with van der Waals surface area (Å²) in [4.78, 5) is 16.6. The van der Waals surface area contributed by atoms with Crippen LogP contribution in [0.4, 0.5) is 5.69 Å². The van der Waals surface area contributed by atoms with Crippen molar-refractivity contribution in [3.63, 3.8) is 0 Å². The summed E-state index contributed by atoms with van der Waals surface area (Å²) in [5, 5.41) is 9.09. The first-order valence-corrected chi connectivity index (χ1v) is 14.6. The second-order valence-electron chi connectivity index (χ2n) is 11.7. The molecule has 6 nitrogen and oxygen atoms in total. The maximum Gasteiger partial charge on any atom is 0.115 e. The fourth-order valence-electron chi connectivity index (χ4n) is 6.57. The molecule has 0 aliphatic carbocycles. The van der Waals surface area contributed by atoms with Crippen LogP contribution in [-0.2, 0) is 13.0 Å². The van der Waals surface area contributed by atoms with Crippen LogP contribution in [0.1, 0.15) is 60.7 Å². The van der Waals surface area contributed by atoms with E-state index in [9.17, 15) is 0 Å². The van der Waals surface area contributed by atoms with Gasteiger partial charge in [-0.3, -0.25) is 4.90 Å². The first-order chi connectivity index (χ1) is 19.4. The molecule has 0 radical (unpaired) electrons. The smallest absolute Gasteiger partial charge is 0.115 e. The predicted molar refractivity (Wildman–Crippen MR) is 163 cm³/mol. The van der Waals surface area contributed by atoms with Gasteiger partial charge in [-0.2, -0.15) is 5.26 Å². The number of nitriles is 1. The maximum absolute atomic E-state index is 9.09. The van der Waals surface area contributed by atoms with Crippen LogP contribution in [0, 0.1) is 25.2 Å². The Labute approximate surface area is 240 Å². The van der Waals surface area contributed by atoms with Crippen molar-refractivity contribution in [1.29, 1.82) is 5.26 Å². The molecule has 2 aromatic carbocycles. The highest BCUT2D eigenvalue weighted by Gasteiger charge is 2.39. The van der Waals surface area contributed by atoms with Crippen LogP contribution in [0.2, 0.25) is 0 Å². The first-order valence-electron chi connectivity index (χ1n) is 14.6. The van der Waals surface area contributed by atoms with Gasteiger partial charge in [-0.15, -0.1) is 0 Å². The van der Waals surface area contributed by atoms with Crippen LogP contribution in [0.3, 0.4) is 0 Å². The minimum Gasteiger partial charge on any atom is -0.371 e. The van der Waals surface area contributed by atoms with Crippen molar-refractivity contribution in [2.75, 3.05) is 31.1 Å². The van der Waals surface area contributed by atoms with Crippen LogP contribution < -0.4 is 4.90 Å². The standard InChI is InChI=1S/C34H42N6/c1-26-33(27(2)37-25-36-26)28(3)38-22-17-34(4,18-23-38)39-20-15-32(16-21-39)40(24-30-8-6-5-7-9-30)31-12-10-29(11-13-31)14-19-35/h5-13,25,32H,3,14-18,20-24H2,1-2,4H3. The summed E-state index contributed by atoms with van der Waals surface area (Å²) in [6.07, 6.45) is 6.67. The Balaban J connectivity index is 1.23. The van der Waals surface area contributed by atoms with Gasteiger partial charge in [0.2, 0.25) is 0 Å². The highest BCUT2D eigenvalue weighted by Crippen LogP contribution is 2.36. The van der Waals surface area contributed by atoms with Gasteiger partial charge in [-0.1, -0.05) is 49.0 Å². The molecule has 0 N–H and O–H groups in total. The minimum atomic E-state index is 0.211. The fraction of sp³-hybridized carbons (Fsp3) is 0.441. The van der Waals surface area contributed by atoms with E-state index in [4.69, 9.17) is 5.26 Å². The van der Waals surface area contributed by atoms with E-state index >= 15 is 0 Å². The molecule has 5 rings (SSSR count). The third-order valence-electron chi connectivity index (χ3n) is 9.15. The molecule has 2 saturated heterocycles. The van der Waals surface area contributed by atoms with Crippen molar-refractivity contribution in [3.8, 4) is 6.07 Å². The average Bonchev–Trinajstić information content (AvgIpc) is 2.97. The zero-order chi connectivity index (χ0) is 28.1. The van der Waals surface area contributed by atoms with Crippen molar-refractivity contribution in [3.05, 3.63) is 95.6 Å². The lowest BCUT2D eigenvalue weighted by Gasteiger charge is -2.51. The lowest BCUT2D eigenvalue weighted by molar-refractivity contribution is 0.0298. The molecule has 0 saturated carbocycles. The number of piperidine rings is 2. The number of rotatable bonds is 8. The Morgan fingerprint density at radius 1 is 0.950 bits per heavy atom. The summed E-state index contributed by atoms with van der Waals surface area (Å²) in [7, 11) is 0. The van der Waals surface area contributed by atoms with Crippen LogP contribution in [-0.4, -0.2) is 57.5 Å². The molecule has 0 spiro atoms. The van der Waals surface area contributed by atoms with Crippen LogP contribution in [0.25, 0.3) is 5.70 Å². The zero-order valence-electron chi connectivity index (χ0n) is 24.3. The van der Waals surface area contributed by atoms with Gasteiger partial charge < -0.3 is 9.80 Å². The highest BCUT2D eigenvalue weighted by atomic mass is 15.3. The van der Waals surface area contributed by atoms with E-state index in [-0.39, 0.29) is 5.54 Å². The van der Waals surface area contributed by atoms with E-state index in [1.54, 1.807) is 6.33 Å². The lowest BCUT2D eigenvalue weighted by Crippen LogP contribution is -2.57. The van der Waals surface area contributed by atoms with Crippen LogP contribution >= 0.6 is 0 Å². The topological polar surface area (TPSA) is 59.3 Å². The normalized spacial score (nSPS) is 17.8. The van der Waals surface area contributed by atoms with Crippen LogP contribution in [0.15, 0.2) is 67.5 Å². The molecule has 2 aliphatic rings. The Bertz CT molecular complexity index is 1310. The number of benzene rings is 2. The molecule has 0 amide bonds. The van der Waals surface area contributed by atoms with Gasteiger partial charge in [-0.05, 0) is 69.7 Å². The third-order valence-corrected chi connectivity index (χ3v) is 9.15. The summed E-state index contributed by atoms with van der Waals surface area (Å²) in [5.41, 5.74) is 8.05. The van der Waals surface area contributed by atoms with Crippen LogP contribution in [0.5, 0.6) is 0 Å². The van der Waals surface area contributed by atoms with Gasteiger partial charge in [0.05, 0.1) is 23.9 Å². The van der Waals surface area contributed by atoms with Crippen molar-refractivity contribution < 1.29 is 0 Å². The number of aromatic nitrogens is 2. The summed E-state index contributed by atoms with van der Waals surface area (Å²) in [6.45, 7) is 16.2. The van der Waals surface area contributed by atoms with Gasteiger partial charge in [-0.25, -0.2) is 9.97 Å². The summed E-state index contributed by atoms with van der Waals surface area (Å²) >= 11 is 0. The van der Waals surface area contributed by atoms with Gasteiger partial charge in [0.1, 0.15) is 6.33 Å². The average molecular weight is 535 g/mol. The number of aryl methyl sites for hydroxylation is 2. The Morgan fingerprint density at radius 2 is 1.57 bits per heavy atom. The molecular weight excluding hydrogens is 492 g/mol. The third kappa shape index (κ3) is 6.05. The van der Waals surface area contributed by atoms with E-state index in [1.165, 1.54) is 11.3 Å². The van der Waals surface area contributed by atoms with E-state index in [0.29, 0.717) is 12.5 Å². The minimum absolute atomic E-state index is 0.211. The molecule has 6 heteroatoms. The van der Waals surface area contributed by atoms with E-state index in [1.807, 2.05) is 0 Å². The number of hydrogen-bond donors (Lipinski definition) is 0. The lowest BCUT2D eigenvalue weighted by atomic mass is 9.85. The van der Waals surface area contributed by atoms with Gasteiger partial charge >= 0.3 is 0 Å². The fourth-order valence-corrected chi connectivity index (χ4v) is 6.57. The number of hydrogen-bond acceptors (Lipinski definition) is 6. The van der Waals surface area contributed by atoms with Crippen molar-refractivity contribution >= 4 is 11.4 Å². The molecule has 208 valence electrons. The molecule has 1 aromatic heterocycles. The monoisotopic (exact) mass is 534 g/mol. The van der Waals surface area contributed by atoms with E-state index < -0.39 is 0 Å². The van der Waals surface area contributed by atoms with E-state index in [2.05, 4.69) is 113 Å². The molecule has 3 aromatic rings. The van der Waals surface area contributed by atoms with E-state index in [0.717, 1.165) is 86.6 Å². The summed E-state index contributed by atoms with van der Waals surface area (Å²) < 4.78 is 0. The van der Waals surface area contributed by atoms with Crippen molar-refractivity contribution in [2.24, 2.45) is 0 Å². The van der Waals surface area contributed by atoms with Gasteiger partial charge in [0.25, 0.3) is 0 Å². The second-order valence-corrected chi connectivity index (χ2v) is 11.7. The summed E-state index contributed by atoms with van der Waals surface area (Å²) in [6, 6.07) is 22.2. The number of likely N-dealkylation sites (tertiary alicyclic amines) is 2. The number of anilines is 1. The Kier molecular flexibility index (Phi) is 8.52. The molecule has 0 atom stereocenters. The molecule has 3 heterocycles. The quantitative estimate of drug-likeness (QED) is 0.345. The molecule has 40 heavy (non-hydrogen) atoms. The van der Waals surface area contributed by atoms with Crippen molar-refractivity contribution in [1.82, 2.24) is 19.8 Å². The number of nitrogens with zero attached hydrogens (tertiary/aromatic N) is 6. The Hall–Kier alpha value is -3.69. The van der Waals surface area contributed by atoms with Gasteiger partial charge in [0.15, 0.2) is 0 Å². The largest absolute Gasteiger partial charge is 0.371 e. The first kappa shape index (κ1) is 27.9. The second kappa shape index (κ2) is 12.2. The molecular formula is C34H42N6. The SMILES string of the molecule is C=C(c1c(C)ncnc1C)N1CCC(C)(N2CCC(N(Cc3ccccc3)c3ccc(CC#N)cc3)CC2)CC1. The summed E-state index contributed by atoms with van der Waals surface area (Å²) in [5.74, 6) is 0. The molecule has 2 fully saturated rings. The van der Waals surface area contributed by atoms with Gasteiger partial charge in [0, 0.05) is 61.3 Å². The Morgan fingerprint density at radius 3 is 2.17 bits per heavy atom. The highest BCUT2D eigenvalue weighted by molar-refractivity contribution is 5.65. The molecule has 2 aliphatic heterocycles. The van der Waals surface area contributed by atoms with Crippen molar-refractivity contribution in [2.45, 2.75) is 71.0 Å². The molecule has 0 unspecified atom stereocenters. The predicted octanol–water partition coefficient (Wildman–Crippen LogP) is 6.16. The maximum atomic E-state index is 9.09. The zero-order valence-corrected chi connectivity index (χ0v) is 24.3.